The summed E-state index contributed by atoms with van der Waals surface area (Å²) in [4.78, 5) is 13.4. The Balaban J connectivity index is 1.92. The summed E-state index contributed by atoms with van der Waals surface area (Å²) in [6, 6.07) is 2.05. The van der Waals surface area contributed by atoms with Crippen LogP contribution in [0, 0.1) is 0 Å². The van der Waals surface area contributed by atoms with Crippen LogP contribution >= 0.6 is 27.3 Å². The predicted molar refractivity (Wildman–Crippen MR) is 74.1 cm³/mol. The first-order valence-electron chi connectivity index (χ1n) is 5.92. The van der Waals surface area contributed by atoms with Crippen LogP contribution < -0.4 is 10.6 Å². The summed E-state index contributed by atoms with van der Waals surface area (Å²) in [5, 5.41) is 8.41. The van der Waals surface area contributed by atoms with Gasteiger partial charge < -0.3 is 10.6 Å². The lowest BCUT2D eigenvalue weighted by Gasteiger charge is -2.26. The molecule has 0 aliphatic carbocycles. The molecule has 0 aromatic carbocycles. The molecule has 2 heterocycles. The molecule has 3 nitrogen and oxygen atoms in total. The summed E-state index contributed by atoms with van der Waals surface area (Å²) in [7, 11) is 0. The number of rotatable bonds is 4. The fourth-order valence-corrected chi connectivity index (χ4v) is 3.64. The third-order valence-corrected chi connectivity index (χ3v) is 5.02. The Morgan fingerprint density at radius 1 is 1.71 bits per heavy atom. The Morgan fingerprint density at radius 3 is 3.06 bits per heavy atom. The van der Waals surface area contributed by atoms with Crippen molar-refractivity contribution in [2.24, 2.45) is 0 Å². The van der Waals surface area contributed by atoms with Crippen LogP contribution in [0.25, 0.3) is 0 Å². The monoisotopic (exact) mass is 316 g/mol. The van der Waals surface area contributed by atoms with Crippen LogP contribution in [0.2, 0.25) is 0 Å². The van der Waals surface area contributed by atoms with Gasteiger partial charge in [0.15, 0.2) is 0 Å². The molecule has 0 spiro atoms. The zero-order chi connectivity index (χ0) is 12.3. The summed E-state index contributed by atoms with van der Waals surface area (Å²) in [6.07, 6.45) is 2.89. The van der Waals surface area contributed by atoms with E-state index in [9.17, 15) is 4.79 Å². The number of halogens is 1. The molecule has 1 fully saturated rings. The molecular formula is C12H17BrN2OS. The highest BCUT2D eigenvalue weighted by Gasteiger charge is 2.38. The average Bonchev–Trinajstić information content (AvgIpc) is 2.95. The molecule has 94 valence electrons. The number of hydrogen-bond acceptors (Lipinski definition) is 3. The van der Waals surface area contributed by atoms with Crippen LogP contribution in [0.5, 0.6) is 0 Å². The lowest BCUT2D eigenvalue weighted by Crippen LogP contribution is -2.52. The highest BCUT2D eigenvalue weighted by molar-refractivity contribution is 9.10. The topological polar surface area (TPSA) is 41.1 Å². The minimum absolute atomic E-state index is 0.141. The zero-order valence-electron chi connectivity index (χ0n) is 9.88. The van der Waals surface area contributed by atoms with Gasteiger partial charge in [-0.1, -0.05) is 6.92 Å². The molecule has 1 saturated heterocycles. The Labute approximate surface area is 114 Å². The van der Waals surface area contributed by atoms with Gasteiger partial charge >= 0.3 is 0 Å². The van der Waals surface area contributed by atoms with Gasteiger partial charge in [-0.2, -0.15) is 0 Å². The first kappa shape index (κ1) is 13.1. The number of carbonyl (C=O) groups excluding carboxylic acids is 1. The molecule has 5 heteroatoms. The van der Waals surface area contributed by atoms with Crippen LogP contribution in [0.3, 0.4) is 0 Å². The summed E-state index contributed by atoms with van der Waals surface area (Å²) >= 11 is 5.07. The van der Waals surface area contributed by atoms with Crippen LogP contribution in [0.1, 0.15) is 31.1 Å². The fraction of sp³-hybridized carbons (Fsp3) is 0.583. The van der Waals surface area contributed by atoms with Crippen molar-refractivity contribution >= 4 is 33.2 Å². The maximum atomic E-state index is 12.2. The molecule has 1 aromatic rings. The number of amides is 1. The van der Waals surface area contributed by atoms with E-state index in [-0.39, 0.29) is 11.4 Å². The van der Waals surface area contributed by atoms with Crippen LogP contribution in [0.15, 0.2) is 15.9 Å². The van der Waals surface area contributed by atoms with Crippen molar-refractivity contribution in [2.45, 2.75) is 38.3 Å². The molecule has 1 amide bonds. The summed E-state index contributed by atoms with van der Waals surface area (Å²) in [5.74, 6) is 0.141. The molecule has 1 aromatic heterocycles. The van der Waals surface area contributed by atoms with Gasteiger partial charge in [0.05, 0.1) is 12.1 Å². The molecule has 1 unspecified atom stereocenters. The normalized spacial score (nSPS) is 23.9. The number of carbonyl (C=O) groups is 1. The quantitative estimate of drug-likeness (QED) is 0.896. The van der Waals surface area contributed by atoms with Crippen molar-refractivity contribution in [3.8, 4) is 0 Å². The molecule has 1 atom stereocenters. The van der Waals surface area contributed by atoms with Gasteiger partial charge in [-0.25, -0.2) is 0 Å². The molecule has 0 radical (unpaired) electrons. The van der Waals surface area contributed by atoms with Gasteiger partial charge in [-0.05, 0) is 47.8 Å². The van der Waals surface area contributed by atoms with Gasteiger partial charge in [0.1, 0.15) is 0 Å². The SMILES string of the molecule is CCC1(C(=O)NCc2cc(Br)cs2)CCCN1. The Morgan fingerprint density at radius 2 is 2.53 bits per heavy atom. The molecule has 1 aliphatic rings. The van der Waals surface area contributed by atoms with Crippen molar-refractivity contribution in [3.63, 3.8) is 0 Å². The van der Waals surface area contributed by atoms with E-state index in [0.29, 0.717) is 6.54 Å². The molecular weight excluding hydrogens is 300 g/mol. The van der Waals surface area contributed by atoms with Crippen molar-refractivity contribution in [2.75, 3.05) is 6.54 Å². The first-order valence-corrected chi connectivity index (χ1v) is 7.60. The maximum absolute atomic E-state index is 12.2. The standard InChI is InChI=1S/C12H17BrN2OS/c1-2-12(4-3-5-15-12)11(16)14-7-10-6-9(13)8-17-10/h6,8,15H,2-5,7H2,1H3,(H,14,16). The lowest BCUT2D eigenvalue weighted by molar-refractivity contribution is -0.127. The van der Waals surface area contributed by atoms with Crippen molar-refractivity contribution in [3.05, 3.63) is 20.8 Å². The summed E-state index contributed by atoms with van der Waals surface area (Å²) in [6.45, 7) is 3.64. The largest absolute Gasteiger partial charge is 0.350 e. The van der Waals surface area contributed by atoms with E-state index in [1.54, 1.807) is 11.3 Å². The van der Waals surface area contributed by atoms with Gasteiger partial charge in [-0.3, -0.25) is 4.79 Å². The third kappa shape index (κ3) is 2.89. The van der Waals surface area contributed by atoms with Gasteiger partial charge in [0, 0.05) is 14.7 Å². The van der Waals surface area contributed by atoms with Gasteiger partial charge in [0.2, 0.25) is 5.91 Å². The van der Waals surface area contributed by atoms with Gasteiger partial charge in [-0.15, -0.1) is 11.3 Å². The average molecular weight is 317 g/mol. The maximum Gasteiger partial charge on any atom is 0.240 e. The predicted octanol–water partition coefficient (Wildman–Crippen LogP) is 2.66. The Hall–Kier alpha value is -0.390. The van der Waals surface area contributed by atoms with Crippen molar-refractivity contribution < 1.29 is 4.79 Å². The molecule has 1 aliphatic heterocycles. The van der Waals surface area contributed by atoms with Crippen LogP contribution in [0.4, 0.5) is 0 Å². The summed E-state index contributed by atoms with van der Waals surface area (Å²) in [5.41, 5.74) is -0.325. The molecule has 0 saturated carbocycles. The second-order valence-corrected chi connectivity index (χ2v) is 6.29. The van der Waals surface area contributed by atoms with E-state index in [2.05, 4.69) is 33.5 Å². The van der Waals surface area contributed by atoms with Crippen LogP contribution in [-0.2, 0) is 11.3 Å². The first-order chi connectivity index (χ1) is 8.16. The van der Waals surface area contributed by atoms with E-state index >= 15 is 0 Å². The smallest absolute Gasteiger partial charge is 0.240 e. The van der Waals surface area contributed by atoms with Gasteiger partial charge in [0.25, 0.3) is 0 Å². The van der Waals surface area contributed by atoms with E-state index < -0.39 is 0 Å². The van der Waals surface area contributed by atoms with E-state index in [1.165, 1.54) is 4.88 Å². The van der Waals surface area contributed by atoms with E-state index in [4.69, 9.17) is 0 Å². The molecule has 2 N–H and O–H groups in total. The van der Waals surface area contributed by atoms with Crippen LogP contribution in [-0.4, -0.2) is 18.0 Å². The third-order valence-electron chi connectivity index (χ3n) is 3.33. The molecule has 0 bridgehead atoms. The fourth-order valence-electron chi connectivity index (χ4n) is 2.25. The second-order valence-electron chi connectivity index (χ2n) is 4.38. The molecule has 17 heavy (non-hydrogen) atoms. The number of hydrogen-bond donors (Lipinski definition) is 2. The Bertz CT molecular complexity index is 399. The number of nitrogens with one attached hydrogen (secondary N) is 2. The van der Waals surface area contributed by atoms with Crippen molar-refractivity contribution in [1.29, 1.82) is 0 Å². The second kappa shape index (κ2) is 5.50. The Kier molecular flexibility index (Phi) is 4.22. The molecule has 2 rings (SSSR count). The van der Waals surface area contributed by atoms with E-state index in [0.717, 1.165) is 30.3 Å². The minimum Gasteiger partial charge on any atom is -0.350 e. The minimum atomic E-state index is -0.325. The van der Waals surface area contributed by atoms with Crippen molar-refractivity contribution in [1.82, 2.24) is 10.6 Å². The highest BCUT2D eigenvalue weighted by atomic mass is 79.9. The summed E-state index contributed by atoms with van der Waals surface area (Å²) < 4.78 is 1.08. The lowest BCUT2D eigenvalue weighted by atomic mass is 9.93. The zero-order valence-corrected chi connectivity index (χ0v) is 12.3. The van der Waals surface area contributed by atoms with E-state index in [1.807, 2.05) is 11.4 Å². The number of thiophene rings is 1. The highest BCUT2D eigenvalue weighted by Crippen LogP contribution is 2.24.